The number of halogens is 1. The molecule has 4 nitrogen and oxygen atoms in total. The van der Waals surface area contributed by atoms with Gasteiger partial charge < -0.3 is 10.0 Å². The van der Waals surface area contributed by atoms with Crippen LogP contribution in [0.2, 0.25) is 5.02 Å². The normalized spacial score (nSPS) is 20.8. The maximum Gasteiger partial charge on any atom is 0.310 e. The second kappa shape index (κ2) is 6.52. The summed E-state index contributed by atoms with van der Waals surface area (Å²) in [4.78, 5) is 25.7. The Balaban J connectivity index is 1.55. The molecule has 2 aliphatic rings. The second-order valence-electron chi connectivity index (χ2n) is 6.82. The molecule has 1 amide bonds. The van der Waals surface area contributed by atoms with Gasteiger partial charge in [-0.25, -0.2) is 0 Å². The molecule has 0 unspecified atom stereocenters. The Labute approximate surface area is 141 Å². The number of amides is 1. The van der Waals surface area contributed by atoms with Crippen LogP contribution in [0.25, 0.3) is 0 Å². The summed E-state index contributed by atoms with van der Waals surface area (Å²) in [5.41, 5.74) is 0.479. The van der Waals surface area contributed by atoms with Crippen molar-refractivity contribution >= 4 is 23.5 Å². The summed E-state index contributed by atoms with van der Waals surface area (Å²) in [5, 5.41) is 10.1. The lowest BCUT2D eigenvalue weighted by molar-refractivity contribution is -0.159. The molecule has 0 radical (unpaired) electrons. The molecule has 1 N–H and O–H groups in total. The van der Waals surface area contributed by atoms with E-state index < -0.39 is 11.4 Å². The summed E-state index contributed by atoms with van der Waals surface area (Å²) in [7, 11) is 0. The largest absolute Gasteiger partial charge is 0.481 e. The standard InChI is InChI=1S/C18H22ClNO3/c19-15-4-2-13(3-5-15)14-6-10-20(11-7-14)16(21)12-18(17(22)23)8-1-9-18/h2-5,14H,1,6-12H2,(H,22,23). The summed E-state index contributed by atoms with van der Waals surface area (Å²) in [5.74, 6) is -0.358. The van der Waals surface area contributed by atoms with Crippen LogP contribution in [0.1, 0.15) is 50.0 Å². The van der Waals surface area contributed by atoms with Gasteiger partial charge in [0.15, 0.2) is 0 Å². The number of likely N-dealkylation sites (tertiary alicyclic amines) is 1. The van der Waals surface area contributed by atoms with E-state index in [4.69, 9.17) is 11.6 Å². The molecule has 3 rings (SSSR count). The zero-order valence-corrected chi connectivity index (χ0v) is 13.9. The van der Waals surface area contributed by atoms with Gasteiger partial charge in [-0.15, -0.1) is 0 Å². The molecule has 0 spiro atoms. The SMILES string of the molecule is O=C(CC1(C(=O)O)CCC1)N1CCC(c2ccc(Cl)cc2)CC1. The predicted octanol–water partition coefficient (Wildman–Crippen LogP) is 3.69. The van der Waals surface area contributed by atoms with E-state index in [1.54, 1.807) is 0 Å². The van der Waals surface area contributed by atoms with Crippen LogP contribution >= 0.6 is 11.6 Å². The predicted molar refractivity (Wildman–Crippen MR) is 88.5 cm³/mol. The Morgan fingerprint density at radius 1 is 1.17 bits per heavy atom. The lowest BCUT2D eigenvalue weighted by Gasteiger charge is -2.40. The van der Waals surface area contributed by atoms with Crippen LogP contribution in [-0.4, -0.2) is 35.0 Å². The van der Waals surface area contributed by atoms with Gasteiger partial charge in [0.2, 0.25) is 5.91 Å². The van der Waals surface area contributed by atoms with Crippen molar-refractivity contribution in [3.63, 3.8) is 0 Å². The van der Waals surface area contributed by atoms with Crippen LogP contribution in [0.3, 0.4) is 0 Å². The molecular formula is C18H22ClNO3. The van der Waals surface area contributed by atoms with Crippen LogP contribution in [0.5, 0.6) is 0 Å². The number of carboxylic acid groups (broad SMARTS) is 1. The molecule has 1 aliphatic heterocycles. The van der Waals surface area contributed by atoms with Crippen LogP contribution in [0.15, 0.2) is 24.3 Å². The van der Waals surface area contributed by atoms with E-state index in [1.165, 1.54) is 5.56 Å². The van der Waals surface area contributed by atoms with Gasteiger partial charge in [0.05, 0.1) is 5.41 Å². The molecular weight excluding hydrogens is 314 g/mol. The van der Waals surface area contributed by atoms with Gasteiger partial charge in [-0.1, -0.05) is 30.2 Å². The Hall–Kier alpha value is -1.55. The molecule has 1 heterocycles. The van der Waals surface area contributed by atoms with Gasteiger partial charge in [-0.05, 0) is 49.3 Å². The summed E-state index contributed by atoms with van der Waals surface area (Å²) < 4.78 is 0. The van der Waals surface area contributed by atoms with Gasteiger partial charge >= 0.3 is 5.97 Å². The maximum absolute atomic E-state index is 12.4. The lowest BCUT2D eigenvalue weighted by atomic mass is 9.66. The van der Waals surface area contributed by atoms with E-state index in [1.807, 2.05) is 17.0 Å². The molecule has 124 valence electrons. The second-order valence-corrected chi connectivity index (χ2v) is 7.26. The van der Waals surface area contributed by atoms with Gasteiger partial charge in [0.1, 0.15) is 0 Å². The molecule has 1 aromatic rings. The van der Waals surface area contributed by atoms with E-state index in [2.05, 4.69) is 12.1 Å². The van der Waals surface area contributed by atoms with Crippen LogP contribution in [-0.2, 0) is 9.59 Å². The molecule has 0 atom stereocenters. The monoisotopic (exact) mass is 335 g/mol. The number of hydrogen-bond acceptors (Lipinski definition) is 2. The summed E-state index contributed by atoms with van der Waals surface area (Å²) in [6.45, 7) is 1.42. The molecule has 0 aromatic heterocycles. The Bertz CT molecular complexity index is 587. The van der Waals surface area contributed by atoms with Gasteiger partial charge in [-0.2, -0.15) is 0 Å². The smallest absolute Gasteiger partial charge is 0.310 e. The fraction of sp³-hybridized carbons (Fsp3) is 0.556. The zero-order valence-electron chi connectivity index (χ0n) is 13.1. The van der Waals surface area contributed by atoms with Crippen molar-refractivity contribution in [2.24, 2.45) is 5.41 Å². The Morgan fingerprint density at radius 3 is 2.26 bits per heavy atom. The number of aliphatic carboxylic acids is 1. The first-order valence-electron chi connectivity index (χ1n) is 8.27. The summed E-state index contributed by atoms with van der Waals surface area (Å²) >= 11 is 5.92. The van der Waals surface area contributed by atoms with Gasteiger partial charge in [0.25, 0.3) is 0 Å². The first-order chi connectivity index (χ1) is 11.0. The topological polar surface area (TPSA) is 57.6 Å². The number of carboxylic acids is 1. The quantitative estimate of drug-likeness (QED) is 0.912. The maximum atomic E-state index is 12.4. The third-order valence-electron chi connectivity index (χ3n) is 5.44. The van der Waals surface area contributed by atoms with E-state index in [9.17, 15) is 14.7 Å². The molecule has 23 heavy (non-hydrogen) atoms. The third-order valence-corrected chi connectivity index (χ3v) is 5.70. The van der Waals surface area contributed by atoms with Crippen LogP contribution < -0.4 is 0 Å². The Kier molecular flexibility index (Phi) is 4.62. The summed E-state index contributed by atoms with van der Waals surface area (Å²) in [6, 6.07) is 7.92. The molecule has 1 aliphatic carbocycles. The number of nitrogens with zero attached hydrogens (tertiary/aromatic N) is 1. The highest BCUT2D eigenvalue weighted by Gasteiger charge is 2.46. The number of piperidine rings is 1. The highest BCUT2D eigenvalue weighted by atomic mass is 35.5. The average molecular weight is 336 g/mol. The number of carbonyl (C=O) groups excluding carboxylic acids is 1. The summed E-state index contributed by atoms with van der Waals surface area (Å²) in [6.07, 6.45) is 4.19. The van der Waals surface area contributed by atoms with Crippen LogP contribution in [0.4, 0.5) is 0 Å². The van der Waals surface area contributed by atoms with E-state index in [-0.39, 0.29) is 12.3 Å². The van der Waals surface area contributed by atoms with Crippen molar-refractivity contribution in [3.05, 3.63) is 34.9 Å². The highest BCUT2D eigenvalue weighted by molar-refractivity contribution is 6.30. The molecule has 5 heteroatoms. The van der Waals surface area contributed by atoms with Crippen LogP contribution in [0, 0.1) is 5.41 Å². The van der Waals surface area contributed by atoms with E-state index >= 15 is 0 Å². The number of rotatable bonds is 4. The van der Waals surface area contributed by atoms with E-state index in [0.717, 1.165) is 24.3 Å². The van der Waals surface area contributed by atoms with E-state index in [0.29, 0.717) is 31.8 Å². The van der Waals surface area contributed by atoms with Crippen molar-refractivity contribution in [2.45, 2.75) is 44.4 Å². The zero-order chi connectivity index (χ0) is 16.4. The fourth-order valence-corrected chi connectivity index (χ4v) is 3.79. The number of benzene rings is 1. The van der Waals surface area contributed by atoms with Crippen molar-refractivity contribution in [2.75, 3.05) is 13.1 Å². The fourth-order valence-electron chi connectivity index (χ4n) is 3.67. The highest BCUT2D eigenvalue weighted by Crippen LogP contribution is 2.44. The van der Waals surface area contributed by atoms with Gasteiger partial charge in [0, 0.05) is 24.5 Å². The molecule has 1 aromatic carbocycles. The first kappa shape index (κ1) is 16.3. The van der Waals surface area contributed by atoms with Crippen molar-refractivity contribution < 1.29 is 14.7 Å². The Morgan fingerprint density at radius 2 is 1.78 bits per heavy atom. The van der Waals surface area contributed by atoms with Crippen molar-refractivity contribution in [1.29, 1.82) is 0 Å². The molecule has 1 saturated heterocycles. The first-order valence-corrected chi connectivity index (χ1v) is 8.65. The minimum atomic E-state index is -0.812. The minimum Gasteiger partial charge on any atom is -0.481 e. The molecule has 0 bridgehead atoms. The third kappa shape index (κ3) is 3.37. The molecule has 1 saturated carbocycles. The molecule has 2 fully saturated rings. The van der Waals surface area contributed by atoms with Crippen molar-refractivity contribution in [3.8, 4) is 0 Å². The number of hydrogen-bond donors (Lipinski definition) is 1. The minimum absolute atomic E-state index is 0.00153. The number of carbonyl (C=O) groups is 2. The average Bonchev–Trinajstić information content (AvgIpc) is 2.51. The van der Waals surface area contributed by atoms with Gasteiger partial charge in [-0.3, -0.25) is 9.59 Å². The lowest BCUT2D eigenvalue weighted by Crippen LogP contribution is -2.45. The van der Waals surface area contributed by atoms with Crippen molar-refractivity contribution in [1.82, 2.24) is 4.90 Å².